The smallest absolute Gasteiger partial charge is 0.309 e. The Morgan fingerprint density at radius 1 is 1.16 bits per heavy atom. The second-order valence-corrected chi connectivity index (χ2v) is 8.23. The first kappa shape index (κ1) is 21.7. The highest BCUT2D eigenvalue weighted by Crippen LogP contribution is 2.42. The van der Waals surface area contributed by atoms with Gasteiger partial charge in [-0.3, -0.25) is 14.2 Å². The van der Waals surface area contributed by atoms with E-state index in [-0.39, 0.29) is 24.8 Å². The van der Waals surface area contributed by atoms with Gasteiger partial charge in [0.25, 0.3) is 0 Å². The van der Waals surface area contributed by atoms with E-state index < -0.39 is 11.9 Å². The molecule has 1 aromatic carbocycles. The molecule has 31 heavy (non-hydrogen) atoms. The molecule has 1 N–H and O–H groups in total. The molecule has 6 nitrogen and oxygen atoms in total. The van der Waals surface area contributed by atoms with Crippen molar-refractivity contribution in [2.45, 2.75) is 44.4 Å². The van der Waals surface area contributed by atoms with Crippen molar-refractivity contribution >= 4 is 34.9 Å². The summed E-state index contributed by atoms with van der Waals surface area (Å²) >= 11 is 12.1. The third-order valence-electron chi connectivity index (χ3n) is 4.90. The van der Waals surface area contributed by atoms with Gasteiger partial charge in [-0.15, -0.1) is 0 Å². The van der Waals surface area contributed by atoms with E-state index in [1.165, 1.54) is 4.68 Å². The van der Waals surface area contributed by atoms with Gasteiger partial charge in [0.15, 0.2) is 11.5 Å². The molecule has 1 amide bonds. The van der Waals surface area contributed by atoms with Crippen LogP contribution in [0.2, 0.25) is 10.0 Å². The van der Waals surface area contributed by atoms with E-state index in [0.29, 0.717) is 28.1 Å². The number of alkyl halides is 3. The van der Waals surface area contributed by atoms with Crippen LogP contribution in [0.25, 0.3) is 0 Å². The molecule has 0 bridgehead atoms. The number of amides is 1. The van der Waals surface area contributed by atoms with Gasteiger partial charge in [-0.1, -0.05) is 29.3 Å². The molecule has 0 radical (unpaired) electrons. The van der Waals surface area contributed by atoms with E-state index in [1.54, 1.807) is 35.1 Å². The van der Waals surface area contributed by atoms with Crippen molar-refractivity contribution in [3.05, 3.63) is 63.5 Å². The quantitative estimate of drug-likeness (QED) is 0.504. The topological polar surface area (TPSA) is 64.7 Å². The molecule has 1 saturated carbocycles. The second kappa shape index (κ2) is 8.55. The standard InChI is InChI=1S/C20H18Cl2F3N5O/c21-14-4-3-13(15(22)9-14)11-29-7-5-18(28-29)26-19(31)6-8-30-16(12-1-2-12)10-17(27-30)20(23,24)25/h3-5,7,9-10,12H,1-2,6,8,11H2,(H,26,28,31). The van der Waals surface area contributed by atoms with Gasteiger partial charge < -0.3 is 5.32 Å². The van der Waals surface area contributed by atoms with E-state index in [9.17, 15) is 18.0 Å². The van der Waals surface area contributed by atoms with E-state index in [1.807, 2.05) is 0 Å². The lowest BCUT2D eigenvalue weighted by Crippen LogP contribution is -2.17. The summed E-state index contributed by atoms with van der Waals surface area (Å²) in [5.41, 5.74) is 0.428. The van der Waals surface area contributed by atoms with Crippen molar-refractivity contribution in [1.29, 1.82) is 0 Å². The first-order valence-corrected chi connectivity index (χ1v) is 10.4. The summed E-state index contributed by atoms with van der Waals surface area (Å²) in [6, 6.07) is 7.87. The van der Waals surface area contributed by atoms with Crippen LogP contribution in [0.1, 0.15) is 42.1 Å². The van der Waals surface area contributed by atoms with Crippen LogP contribution in [0.5, 0.6) is 0 Å². The van der Waals surface area contributed by atoms with Crippen LogP contribution in [0.15, 0.2) is 36.5 Å². The number of anilines is 1. The Labute approximate surface area is 185 Å². The first-order chi connectivity index (χ1) is 14.7. The van der Waals surface area contributed by atoms with Gasteiger partial charge in [0.05, 0.1) is 6.54 Å². The summed E-state index contributed by atoms with van der Waals surface area (Å²) in [6.45, 7) is 0.457. The Hall–Kier alpha value is -2.52. The summed E-state index contributed by atoms with van der Waals surface area (Å²) in [5, 5.41) is 11.6. The number of aryl methyl sites for hydroxylation is 1. The number of hydrogen-bond donors (Lipinski definition) is 1. The molecule has 164 valence electrons. The fraction of sp³-hybridized carbons (Fsp3) is 0.350. The van der Waals surface area contributed by atoms with Crippen molar-refractivity contribution in [2.75, 3.05) is 5.32 Å². The van der Waals surface area contributed by atoms with Crippen molar-refractivity contribution in [2.24, 2.45) is 0 Å². The average Bonchev–Trinajstić information content (AvgIpc) is 3.28. The van der Waals surface area contributed by atoms with Crippen LogP contribution < -0.4 is 5.32 Å². The number of rotatable bonds is 7. The molecule has 0 unspecified atom stereocenters. The molecule has 3 aromatic rings. The number of nitrogens with one attached hydrogen (secondary N) is 1. The molecular weight excluding hydrogens is 454 g/mol. The number of hydrogen-bond acceptors (Lipinski definition) is 3. The molecule has 2 aromatic heterocycles. The maximum Gasteiger partial charge on any atom is 0.435 e. The summed E-state index contributed by atoms with van der Waals surface area (Å²) in [7, 11) is 0. The lowest BCUT2D eigenvalue weighted by atomic mass is 10.2. The highest BCUT2D eigenvalue weighted by atomic mass is 35.5. The van der Waals surface area contributed by atoms with E-state index in [4.69, 9.17) is 23.2 Å². The number of carbonyl (C=O) groups excluding carboxylic acids is 1. The second-order valence-electron chi connectivity index (χ2n) is 7.38. The van der Waals surface area contributed by atoms with Gasteiger partial charge in [-0.25, -0.2) is 0 Å². The normalized spacial score (nSPS) is 14.1. The zero-order valence-corrected chi connectivity index (χ0v) is 17.7. The van der Waals surface area contributed by atoms with E-state index >= 15 is 0 Å². The fourth-order valence-electron chi connectivity index (χ4n) is 3.21. The highest BCUT2D eigenvalue weighted by molar-refractivity contribution is 6.35. The lowest BCUT2D eigenvalue weighted by Gasteiger charge is -2.07. The largest absolute Gasteiger partial charge is 0.435 e. The molecule has 0 atom stereocenters. The maximum atomic E-state index is 13.0. The van der Waals surface area contributed by atoms with Gasteiger partial charge in [0.2, 0.25) is 5.91 Å². The number of aromatic nitrogens is 4. The molecule has 0 saturated heterocycles. The summed E-state index contributed by atoms with van der Waals surface area (Å²) in [4.78, 5) is 12.3. The van der Waals surface area contributed by atoms with Crippen molar-refractivity contribution in [3.8, 4) is 0 Å². The Balaban J connectivity index is 1.35. The zero-order valence-electron chi connectivity index (χ0n) is 16.2. The van der Waals surface area contributed by atoms with Crippen LogP contribution in [-0.4, -0.2) is 25.5 Å². The molecule has 1 fully saturated rings. The molecular formula is C20H18Cl2F3N5O. The maximum absolute atomic E-state index is 13.0. The Bertz CT molecular complexity index is 1100. The number of nitrogens with zero attached hydrogens (tertiary/aromatic N) is 4. The fourth-order valence-corrected chi connectivity index (χ4v) is 3.68. The van der Waals surface area contributed by atoms with Crippen LogP contribution in [-0.2, 0) is 24.1 Å². The predicted octanol–water partition coefficient (Wildman–Crippen LogP) is 5.36. The Morgan fingerprint density at radius 2 is 1.94 bits per heavy atom. The summed E-state index contributed by atoms with van der Waals surface area (Å²) in [5.74, 6) is 0.0663. The van der Waals surface area contributed by atoms with Gasteiger partial charge >= 0.3 is 6.18 Å². The minimum Gasteiger partial charge on any atom is -0.309 e. The minimum absolute atomic E-state index is 0.0193. The molecule has 4 rings (SSSR count). The molecule has 2 heterocycles. The minimum atomic E-state index is -4.50. The van der Waals surface area contributed by atoms with E-state index in [0.717, 1.165) is 24.5 Å². The third-order valence-corrected chi connectivity index (χ3v) is 5.49. The molecule has 11 heteroatoms. The van der Waals surface area contributed by atoms with Crippen LogP contribution in [0, 0.1) is 0 Å². The molecule has 1 aliphatic rings. The molecule has 0 aliphatic heterocycles. The lowest BCUT2D eigenvalue weighted by molar-refractivity contribution is -0.141. The first-order valence-electron chi connectivity index (χ1n) is 9.61. The number of benzene rings is 1. The summed E-state index contributed by atoms with van der Waals surface area (Å²) < 4.78 is 41.8. The third kappa shape index (κ3) is 5.40. The average molecular weight is 472 g/mol. The Morgan fingerprint density at radius 3 is 2.61 bits per heavy atom. The van der Waals surface area contributed by atoms with Gasteiger partial charge in [0.1, 0.15) is 0 Å². The predicted molar refractivity (Wildman–Crippen MR) is 110 cm³/mol. The highest BCUT2D eigenvalue weighted by Gasteiger charge is 2.37. The van der Waals surface area contributed by atoms with Crippen molar-refractivity contribution in [3.63, 3.8) is 0 Å². The summed E-state index contributed by atoms with van der Waals surface area (Å²) in [6.07, 6.45) is -1.16. The monoisotopic (exact) mass is 471 g/mol. The van der Waals surface area contributed by atoms with Crippen molar-refractivity contribution < 1.29 is 18.0 Å². The van der Waals surface area contributed by atoms with Crippen LogP contribution in [0.3, 0.4) is 0 Å². The number of halogens is 5. The van der Waals surface area contributed by atoms with E-state index in [2.05, 4.69) is 15.5 Å². The zero-order chi connectivity index (χ0) is 22.2. The van der Waals surface area contributed by atoms with Crippen LogP contribution >= 0.6 is 23.2 Å². The Kier molecular flexibility index (Phi) is 5.98. The van der Waals surface area contributed by atoms with Gasteiger partial charge in [0, 0.05) is 46.9 Å². The van der Waals surface area contributed by atoms with Gasteiger partial charge in [-0.2, -0.15) is 23.4 Å². The van der Waals surface area contributed by atoms with Gasteiger partial charge in [-0.05, 0) is 36.6 Å². The number of carbonyl (C=O) groups is 1. The van der Waals surface area contributed by atoms with Crippen LogP contribution in [0.4, 0.5) is 19.0 Å². The van der Waals surface area contributed by atoms with Crippen molar-refractivity contribution in [1.82, 2.24) is 19.6 Å². The SMILES string of the molecule is O=C(CCn1nc(C(F)(F)F)cc1C1CC1)Nc1ccn(Cc2ccc(Cl)cc2Cl)n1. The molecule has 0 spiro atoms. The molecule has 1 aliphatic carbocycles.